The normalized spacial score (nSPS) is 11.3. The van der Waals surface area contributed by atoms with E-state index in [1.165, 1.54) is 0 Å². The highest BCUT2D eigenvalue weighted by Crippen LogP contribution is 2.26. The molecule has 0 fully saturated rings. The summed E-state index contributed by atoms with van der Waals surface area (Å²) < 4.78 is 7.63. The first-order valence-electron chi connectivity index (χ1n) is 9.66. The van der Waals surface area contributed by atoms with Crippen molar-refractivity contribution in [2.45, 2.75) is 19.9 Å². The van der Waals surface area contributed by atoms with Crippen molar-refractivity contribution in [3.8, 4) is 5.75 Å². The van der Waals surface area contributed by atoms with Gasteiger partial charge in [-0.25, -0.2) is 14.6 Å². The van der Waals surface area contributed by atoms with E-state index in [9.17, 15) is 0 Å². The third-order valence-corrected chi connectivity index (χ3v) is 4.59. The van der Waals surface area contributed by atoms with Gasteiger partial charge in [-0.05, 0) is 64.3 Å². The molecule has 0 saturated heterocycles. The van der Waals surface area contributed by atoms with Crippen LogP contribution >= 0.6 is 12.4 Å². The summed E-state index contributed by atoms with van der Waals surface area (Å²) in [4.78, 5) is 11.3. The highest BCUT2D eigenvalue weighted by Gasteiger charge is 2.13. The van der Waals surface area contributed by atoms with Gasteiger partial charge in [-0.3, -0.25) is 0 Å². The van der Waals surface area contributed by atoms with Crippen molar-refractivity contribution in [1.82, 2.24) is 29.9 Å². The lowest BCUT2D eigenvalue weighted by Crippen LogP contribution is -2.19. The molecule has 4 rings (SSSR count). The number of anilines is 2. The molecule has 0 amide bonds. The number of rotatable bonds is 7. The molecule has 30 heavy (non-hydrogen) atoms. The number of benzene rings is 2. The fourth-order valence-corrected chi connectivity index (χ4v) is 3.05. The maximum atomic E-state index is 5.74. The molecule has 2 aromatic carbocycles. The van der Waals surface area contributed by atoms with Crippen molar-refractivity contribution < 1.29 is 4.74 Å². The van der Waals surface area contributed by atoms with E-state index in [4.69, 9.17) is 9.72 Å². The van der Waals surface area contributed by atoms with E-state index in [2.05, 4.69) is 39.4 Å². The number of likely N-dealkylation sites (N-methyl/N-ethyl adjacent to an activating group) is 1. The first-order valence-corrected chi connectivity index (χ1v) is 9.66. The molecule has 8 nitrogen and oxygen atoms in total. The minimum Gasteiger partial charge on any atom is -0.492 e. The Labute approximate surface area is 181 Å². The van der Waals surface area contributed by atoms with E-state index >= 15 is 0 Å². The molecule has 0 spiro atoms. The first-order chi connectivity index (χ1) is 14.0. The molecule has 0 unspecified atom stereocenters. The molecule has 0 atom stereocenters. The van der Waals surface area contributed by atoms with Gasteiger partial charge in [-0.1, -0.05) is 5.21 Å². The number of nitrogens with one attached hydrogen (secondary N) is 1. The zero-order chi connectivity index (χ0) is 20.4. The Morgan fingerprint density at radius 3 is 2.57 bits per heavy atom. The lowest BCUT2D eigenvalue weighted by Gasteiger charge is -2.12. The number of ether oxygens (including phenoxy) is 1. The molecular weight excluding hydrogens is 402 g/mol. The van der Waals surface area contributed by atoms with Crippen LogP contribution in [0.25, 0.3) is 21.9 Å². The predicted octanol–water partition coefficient (Wildman–Crippen LogP) is 4.06. The van der Waals surface area contributed by atoms with Crippen LogP contribution in [0.15, 0.2) is 42.6 Å². The van der Waals surface area contributed by atoms with Crippen LogP contribution in [0, 0.1) is 0 Å². The molecular formula is C21H26ClN7O. The molecule has 2 heterocycles. The number of nitrogens with zero attached hydrogens (tertiary/aromatic N) is 6. The zero-order valence-electron chi connectivity index (χ0n) is 17.5. The third kappa shape index (κ3) is 4.60. The fourth-order valence-electron chi connectivity index (χ4n) is 3.05. The van der Waals surface area contributed by atoms with E-state index in [1.807, 2.05) is 61.4 Å². The molecule has 0 aliphatic heterocycles. The molecule has 4 aromatic rings. The lowest BCUT2D eigenvalue weighted by molar-refractivity contribution is 0.261. The molecule has 2 aromatic heterocycles. The van der Waals surface area contributed by atoms with Crippen molar-refractivity contribution in [2.75, 3.05) is 32.6 Å². The molecule has 0 saturated carbocycles. The van der Waals surface area contributed by atoms with E-state index in [1.54, 1.807) is 0 Å². The summed E-state index contributed by atoms with van der Waals surface area (Å²) in [6.07, 6.45) is 1.82. The Hall–Kier alpha value is -2.97. The standard InChI is InChI=1S/C21H25N7O.ClH/c1-14(2)28-20-18(25-26-28)10-5-15-13-22-21(24-19(15)20)23-16-6-8-17(9-7-16)29-12-11-27(3)4;/h5-10,13-14H,11-12H2,1-4H3,(H,22,23,24);1H. The maximum absolute atomic E-state index is 5.74. The second-order valence-electron chi connectivity index (χ2n) is 7.49. The van der Waals surface area contributed by atoms with Gasteiger partial charge in [-0.15, -0.1) is 17.5 Å². The van der Waals surface area contributed by atoms with Gasteiger partial charge in [-0.2, -0.15) is 0 Å². The van der Waals surface area contributed by atoms with Gasteiger partial charge >= 0.3 is 0 Å². The van der Waals surface area contributed by atoms with E-state index in [0.717, 1.165) is 39.9 Å². The minimum atomic E-state index is 0. The lowest BCUT2D eigenvalue weighted by atomic mass is 10.2. The summed E-state index contributed by atoms with van der Waals surface area (Å²) >= 11 is 0. The Morgan fingerprint density at radius 1 is 1.10 bits per heavy atom. The van der Waals surface area contributed by atoms with Gasteiger partial charge in [0.25, 0.3) is 0 Å². The average molecular weight is 428 g/mol. The summed E-state index contributed by atoms with van der Waals surface area (Å²) in [7, 11) is 4.05. The van der Waals surface area contributed by atoms with Crippen molar-refractivity contribution in [1.29, 1.82) is 0 Å². The smallest absolute Gasteiger partial charge is 0.227 e. The topological polar surface area (TPSA) is 81.0 Å². The van der Waals surface area contributed by atoms with Crippen molar-refractivity contribution in [3.05, 3.63) is 42.6 Å². The molecule has 158 valence electrons. The Kier molecular flexibility index (Phi) is 6.69. The van der Waals surface area contributed by atoms with E-state index in [0.29, 0.717) is 12.6 Å². The zero-order valence-corrected chi connectivity index (χ0v) is 18.3. The van der Waals surface area contributed by atoms with E-state index < -0.39 is 0 Å². The van der Waals surface area contributed by atoms with Gasteiger partial charge in [0, 0.05) is 29.9 Å². The van der Waals surface area contributed by atoms with Crippen molar-refractivity contribution in [2.24, 2.45) is 0 Å². The Balaban J connectivity index is 0.00000256. The summed E-state index contributed by atoms with van der Waals surface area (Å²) in [6, 6.07) is 11.9. The molecule has 0 aliphatic carbocycles. The first kappa shape index (κ1) is 21.7. The van der Waals surface area contributed by atoms with Gasteiger partial charge < -0.3 is 15.0 Å². The molecule has 0 aliphatic rings. The average Bonchev–Trinajstić information content (AvgIpc) is 3.14. The molecule has 9 heteroatoms. The van der Waals surface area contributed by atoms with Gasteiger partial charge in [0.05, 0.1) is 0 Å². The van der Waals surface area contributed by atoms with Crippen LogP contribution in [-0.2, 0) is 0 Å². The monoisotopic (exact) mass is 427 g/mol. The van der Waals surface area contributed by atoms with Crippen LogP contribution in [0.3, 0.4) is 0 Å². The second kappa shape index (κ2) is 9.23. The van der Waals surface area contributed by atoms with Crippen LogP contribution in [0.1, 0.15) is 19.9 Å². The van der Waals surface area contributed by atoms with Gasteiger partial charge in [0.15, 0.2) is 0 Å². The Morgan fingerprint density at radius 2 is 1.87 bits per heavy atom. The number of hydrogen-bond donors (Lipinski definition) is 1. The minimum absolute atomic E-state index is 0. The highest BCUT2D eigenvalue weighted by molar-refractivity contribution is 6.01. The van der Waals surface area contributed by atoms with Crippen LogP contribution in [0.5, 0.6) is 5.75 Å². The quantitative estimate of drug-likeness (QED) is 0.476. The van der Waals surface area contributed by atoms with Crippen LogP contribution in [0.2, 0.25) is 0 Å². The summed E-state index contributed by atoms with van der Waals surface area (Å²) in [5, 5.41) is 12.8. The number of halogens is 1. The predicted molar refractivity (Wildman–Crippen MR) is 122 cm³/mol. The van der Waals surface area contributed by atoms with Gasteiger partial charge in [0.1, 0.15) is 28.9 Å². The Bertz CT molecular complexity index is 1130. The van der Waals surface area contributed by atoms with Crippen molar-refractivity contribution in [3.63, 3.8) is 0 Å². The van der Waals surface area contributed by atoms with Crippen LogP contribution in [-0.4, -0.2) is 57.1 Å². The number of fused-ring (bicyclic) bond motifs is 3. The SMILES string of the molecule is CC(C)n1nnc2ccc3cnc(Nc4ccc(OCCN(C)C)cc4)nc3c21.Cl. The third-order valence-electron chi connectivity index (χ3n) is 4.59. The largest absolute Gasteiger partial charge is 0.492 e. The molecule has 0 bridgehead atoms. The fraction of sp³-hybridized carbons (Fsp3) is 0.333. The van der Waals surface area contributed by atoms with Crippen LogP contribution < -0.4 is 10.1 Å². The maximum Gasteiger partial charge on any atom is 0.227 e. The second-order valence-corrected chi connectivity index (χ2v) is 7.49. The van der Waals surface area contributed by atoms with Crippen molar-refractivity contribution >= 4 is 46.0 Å². The summed E-state index contributed by atoms with van der Waals surface area (Å²) in [5.41, 5.74) is 3.48. The van der Waals surface area contributed by atoms with Crippen LogP contribution in [0.4, 0.5) is 11.6 Å². The highest BCUT2D eigenvalue weighted by atomic mass is 35.5. The van der Waals surface area contributed by atoms with Gasteiger partial charge in [0.2, 0.25) is 5.95 Å². The van der Waals surface area contributed by atoms with E-state index in [-0.39, 0.29) is 18.4 Å². The summed E-state index contributed by atoms with van der Waals surface area (Å²) in [6.45, 7) is 5.69. The molecule has 0 radical (unpaired) electrons. The summed E-state index contributed by atoms with van der Waals surface area (Å²) in [5.74, 6) is 1.37. The number of hydrogen-bond acceptors (Lipinski definition) is 7. The molecule has 1 N–H and O–H groups in total. The number of aromatic nitrogens is 5.